The molecule has 0 aliphatic heterocycles. The van der Waals surface area contributed by atoms with Gasteiger partial charge in [0.05, 0.1) is 22.8 Å². The summed E-state index contributed by atoms with van der Waals surface area (Å²) in [5.74, 6) is 0.00408. The van der Waals surface area contributed by atoms with Gasteiger partial charge in [0.2, 0.25) is 5.89 Å². The summed E-state index contributed by atoms with van der Waals surface area (Å²) in [6.07, 6.45) is 1.57. The maximum Gasteiger partial charge on any atom is 0.335 e. The van der Waals surface area contributed by atoms with Crippen LogP contribution in [0.2, 0.25) is 0 Å². The summed E-state index contributed by atoms with van der Waals surface area (Å²) in [5.41, 5.74) is 0.862. The predicted molar refractivity (Wildman–Crippen MR) is 69.9 cm³/mol. The zero-order valence-electron chi connectivity index (χ0n) is 10.6. The number of nitrogens with one attached hydrogen (secondary N) is 1. The Morgan fingerprint density at radius 1 is 1.50 bits per heavy atom. The van der Waals surface area contributed by atoms with Crippen molar-refractivity contribution in [1.82, 2.24) is 14.5 Å². The molecule has 2 heterocycles. The largest absolute Gasteiger partial charge is 0.478 e. The van der Waals surface area contributed by atoms with E-state index in [1.54, 1.807) is 19.2 Å². The monoisotopic (exact) mass is 273 g/mol. The quantitative estimate of drug-likeness (QED) is 0.750. The summed E-state index contributed by atoms with van der Waals surface area (Å²) in [4.78, 5) is 29.6. The normalized spacial score (nSPS) is 11.1. The predicted octanol–water partition coefficient (Wildman–Crippen LogP) is 1.37. The number of aromatic amines is 1. The number of hydrogen-bond donors (Lipinski definition) is 2. The molecule has 0 aliphatic carbocycles. The zero-order chi connectivity index (χ0) is 14.3. The molecular weight excluding hydrogens is 262 g/mol. The van der Waals surface area contributed by atoms with E-state index >= 15 is 0 Å². The Morgan fingerprint density at radius 3 is 2.95 bits per heavy atom. The summed E-state index contributed by atoms with van der Waals surface area (Å²) in [7, 11) is 0. The number of carbonyl (C=O) groups is 1. The SMILES string of the molecule is Cc1cnc(Cn2c(=O)[nH]c3ccc(C(=O)O)cc32)o1. The van der Waals surface area contributed by atoms with Crippen molar-refractivity contribution in [3.63, 3.8) is 0 Å². The maximum atomic E-state index is 11.9. The minimum atomic E-state index is -1.04. The Balaban J connectivity index is 2.13. The van der Waals surface area contributed by atoms with Crippen LogP contribution in [0.1, 0.15) is 22.0 Å². The van der Waals surface area contributed by atoms with Crippen molar-refractivity contribution in [2.75, 3.05) is 0 Å². The molecule has 0 atom stereocenters. The molecule has 0 amide bonds. The molecule has 102 valence electrons. The molecule has 0 unspecified atom stereocenters. The second-order valence-electron chi connectivity index (χ2n) is 4.42. The van der Waals surface area contributed by atoms with Crippen LogP contribution in [-0.4, -0.2) is 25.6 Å². The second-order valence-corrected chi connectivity index (χ2v) is 4.42. The number of imidazole rings is 1. The molecule has 3 rings (SSSR count). The van der Waals surface area contributed by atoms with E-state index < -0.39 is 5.97 Å². The topological polar surface area (TPSA) is 101 Å². The van der Waals surface area contributed by atoms with Crippen LogP contribution >= 0.6 is 0 Å². The highest BCUT2D eigenvalue weighted by Gasteiger charge is 2.12. The lowest BCUT2D eigenvalue weighted by molar-refractivity contribution is 0.0697. The van der Waals surface area contributed by atoms with Crippen molar-refractivity contribution in [3.05, 3.63) is 52.1 Å². The molecule has 0 aliphatic rings. The summed E-state index contributed by atoms with van der Waals surface area (Å²) < 4.78 is 6.73. The molecular formula is C13H11N3O4. The van der Waals surface area contributed by atoms with E-state index in [0.29, 0.717) is 22.7 Å². The fraction of sp³-hybridized carbons (Fsp3) is 0.154. The highest BCUT2D eigenvalue weighted by Crippen LogP contribution is 2.14. The van der Waals surface area contributed by atoms with Gasteiger partial charge in [-0.25, -0.2) is 14.6 Å². The summed E-state index contributed by atoms with van der Waals surface area (Å²) in [5, 5.41) is 9.01. The van der Waals surface area contributed by atoms with Crippen LogP contribution in [-0.2, 0) is 6.54 Å². The van der Waals surface area contributed by atoms with E-state index in [2.05, 4.69) is 9.97 Å². The van der Waals surface area contributed by atoms with Gasteiger partial charge in [0.25, 0.3) is 0 Å². The van der Waals surface area contributed by atoms with Gasteiger partial charge in [-0.05, 0) is 25.1 Å². The highest BCUT2D eigenvalue weighted by atomic mass is 16.4. The minimum Gasteiger partial charge on any atom is -0.478 e. The first kappa shape index (κ1) is 12.2. The van der Waals surface area contributed by atoms with Gasteiger partial charge in [0, 0.05) is 0 Å². The van der Waals surface area contributed by atoms with Crippen LogP contribution in [0.5, 0.6) is 0 Å². The second kappa shape index (κ2) is 4.37. The number of rotatable bonds is 3. The average molecular weight is 273 g/mol. The smallest absolute Gasteiger partial charge is 0.335 e. The molecule has 7 nitrogen and oxygen atoms in total. The third-order valence-corrected chi connectivity index (χ3v) is 2.98. The lowest BCUT2D eigenvalue weighted by atomic mass is 10.2. The van der Waals surface area contributed by atoms with Crippen molar-refractivity contribution < 1.29 is 14.3 Å². The Kier molecular flexibility index (Phi) is 2.67. The van der Waals surface area contributed by atoms with Crippen LogP contribution in [0.25, 0.3) is 11.0 Å². The lowest BCUT2D eigenvalue weighted by Gasteiger charge is -2.01. The van der Waals surface area contributed by atoms with E-state index in [4.69, 9.17) is 9.52 Å². The standard InChI is InChI=1S/C13H11N3O4/c1-7-5-14-11(20-7)6-16-10-4-8(12(17)18)2-3-9(10)15-13(16)19/h2-5H,6H2,1H3,(H,15,19)(H,17,18). The van der Waals surface area contributed by atoms with Crippen molar-refractivity contribution in [2.45, 2.75) is 13.5 Å². The van der Waals surface area contributed by atoms with Gasteiger partial charge in [0.15, 0.2) is 0 Å². The van der Waals surface area contributed by atoms with Crippen LogP contribution in [0, 0.1) is 6.92 Å². The summed E-state index contributed by atoms with van der Waals surface area (Å²) >= 11 is 0. The number of aromatic carboxylic acids is 1. The van der Waals surface area contributed by atoms with Crippen molar-refractivity contribution in [1.29, 1.82) is 0 Å². The number of aryl methyl sites for hydroxylation is 1. The van der Waals surface area contributed by atoms with Crippen molar-refractivity contribution in [3.8, 4) is 0 Å². The maximum absolute atomic E-state index is 11.9. The first-order valence-corrected chi connectivity index (χ1v) is 5.92. The number of carboxylic acid groups (broad SMARTS) is 1. The fourth-order valence-electron chi connectivity index (χ4n) is 2.05. The van der Waals surface area contributed by atoms with Gasteiger partial charge in [-0.3, -0.25) is 4.57 Å². The molecule has 0 spiro atoms. The van der Waals surface area contributed by atoms with Crippen molar-refractivity contribution in [2.24, 2.45) is 0 Å². The van der Waals surface area contributed by atoms with Gasteiger partial charge in [0.1, 0.15) is 12.3 Å². The number of aromatic nitrogens is 3. The Morgan fingerprint density at radius 2 is 2.30 bits per heavy atom. The first-order chi connectivity index (χ1) is 9.54. The Bertz CT molecular complexity index is 856. The fourth-order valence-corrected chi connectivity index (χ4v) is 2.05. The number of carboxylic acids is 1. The molecule has 3 aromatic rings. The third kappa shape index (κ3) is 1.99. The molecule has 2 aromatic heterocycles. The van der Waals surface area contributed by atoms with E-state index in [1.165, 1.54) is 16.7 Å². The van der Waals surface area contributed by atoms with E-state index in [1.807, 2.05) is 0 Å². The van der Waals surface area contributed by atoms with Crippen LogP contribution < -0.4 is 5.69 Å². The van der Waals surface area contributed by atoms with E-state index in [0.717, 1.165) is 0 Å². The van der Waals surface area contributed by atoms with Gasteiger partial charge in [-0.15, -0.1) is 0 Å². The van der Waals surface area contributed by atoms with Crippen LogP contribution in [0.3, 0.4) is 0 Å². The number of oxazole rings is 1. The lowest BCUT2D eigenvalue weighted by Crippen LogP contribution is -2.17. The van der Waals surface area contributed by atoms with Gasteiger partial charge in [-0.2, -0.15) is 0 Å². The van der Waals surface area contributed by atoms with Crippen LogP contribution in [0.4, 0.5) is 0 Å². The molecule has 20 heavy (non-hydrogen) atoms. The number of benzene rings is 1. The Labute approximate surface area is 112 Å². The average Bonchev–Trinajstić information content (AvgIpc) is 2.94. The highest BCUT2D eigenvalue weighted by molar-refractivity contribution is 5.92. The van der Waals surface area contributed by atoms with Gasteiger partial charge < -0.3 is 14.5 Å². The van der Waals surface area contributed by atoms with Crippen LogP contribution in [0.15, 0.2) is 33.6 Å². The Hall–Kier alpha value is -2.83. The molecule has 0 saturated heterocycles. The van der Waals surface area contributed by atoms with E-state index in [-0.39, 0.29) is 17.8 Å². The molecule has 0 radical (unpaired) electrons. The molecule has 1 aromatic carbocycles. The molecule has 2 N–H and O–H groups in total. The minimum absolute atomic E-state index is 0.119. The van der Waals surface area contributed by atoms with Crippen molar-refractivity contribution >= 4 is 17.0 Å². The first-order valence-electron chi connectivity index (χ1n) is 5.92. The number of nitrogens with zero attached hydrogens (tertiary/aromatic N) is 2. The number of H-pyrrole nitrogens is 1. The van der Waals surface area contributed by atoms with Gasteiger partial charge >= 0.3 is 11.7 Å². The molecule has 0 saturated carbocycles. The van der Waals surface area contributed by atoms with Gasteiger partial charge in [-0.1, -0.05) is 0 Å². The van der Waals surface area contributed by atoms with E-state index in [9.17, 15) is 9.59 Å². The zero-order valence-corrected chi connectivity index (χ0v) is 10.6. The number of fused-ring (bicyclic) bond motifs is 1. The third-order valence-electron chi connectivity index (χ3n) is 2.98. The number of hydrogen-bond acceptors (Lipinski definition) is 4. The molecule has 0 bridgehead atoms. The molecule has 0 fully saturated rings. The summed E-state index contributed by atoms with van der Waals surface area (Å²) in [6.45, 7) is 1.91. The molecule has 7 heteroatoms. The summed E-state index contributed by atoms with van der Waals surface area (Å²) in [6, 6.07) is 4.46.